The molecule has 20 heavy (non-hydrogen) atoms. The molecule has 6 nitrogen and oxygen atoms in total. The molecule has 0 spiro atoms. The summed E-state index contributed by atoms with van der Waals surface area (Å²) in [5, 5.41) is 22.3. The molecule has 110 valence electrons. The molecule has 0 radical (unpaired) electrons. The van der Waals surface area contributed by atoms with Crippen molar-refractivity contribution in [3.63, 3.8) is 0 Å². The Morgan fingerprint density at radius 3 is 2.75 bits per heavy atom. The highest BCUT2D eigenvalue weighted by atomic mass is 32.2. The number of carbonyl (C=O) groups is 1. The molecule has 3 rings (SSSR count). The van der Waals surface area contributed by atoms with Crippen LogP contribution in [-0.2, 0) is 11.8 Å². The van der Waals surface area contributed by atoms with Crippen molar-refractivity contribution in [3.8, 4) is 0 Å². The average Bonchev–Trinajstić information content (AvgIpc) is 3.04. The van der Waals surface area contributed by atoms with Gasteiger partial charge in [0.1, 0.15) is 11.4 Å². The molecule has 2 aliphatic rings. The number of aromatic nitrogens is 3. The van der Waals surface area contributed by atoms with Crippen LogP contribution < -0.4 is 5.32 Å². The molecule has 1 heterocycles. The lowest BCUT2D eigenvalue weighted by Crippen LogP contribution is -2.51. The summed E-state index contributed by atoms with van der Waals surface area (Å²) in [6.07, 6.45) is 4.48. The van der Waals surface area contributed by atoms with Gasteiger partial charge in [0.15, 0.2) is 5.16 Å². The Kier molecular flexibility index (Phi) is 3.50. The highest BCUT2D eigenvalue weighted by Gasteiger charge is 2.48. The van der Waals surface area contributed by atoms with Gasteiger partial charge < -0.3 is 9.67 Å². The lowest BCUT2D eigenvalue weighted by molar-refractivity contribution is -0.144. The largest absolute Gasteiger partial charge is 0.480 e. The van der Waals surface area contributed by atoms with Gasteiger partial charge in [0.25, 0.3) is 0 Å². The van der Waals surface area contributed by atoms with Crippen molar-refractivity contribution in [1.82, 2.24) is 20.1 Å². The Labute approximate surface area is 122 Å². The normalized spacial score (nSPS) is 29.8. The van der Waals surface area contributed by atoms with E-state index in [-0.39, 0.29) is 0 Å². The monoisotopic (exact) mass is 296 g/mol. The molecule has 0 amide bonds. The van der Waals surface area contributed by atoms with Crippen LogP contribution in [0.2, 0.25) is 0 Å². The predicted octanol–water partition coefficient (Wildman–Crippen LogP) is 1.34. The standard InChI is InChI=1S/C13H20N4O2S/c1-8-15-16-12(17(8)2)20-10-5-6-13(7-10,11(18)19)14-9-3-4-9/h9-10,14H,3-7H2,1-2H3,(H,18,19). The molecule has 2 N–H and O–H groups in total. The van der Waals surface area contributed by atoms with Crippen LogP contribution in [0.5, 0.6) is 0 Å². The van der Waals surface area contributed by atoms with Crippen molar-refractivity contribution in [1.29, 1.82) is 0 Å². The van der Waals surface area contributed by atoms with Crippen molar-refractivity contribution in [2.24, 2.45) is 7.05 Å². The van der Waals surface area contributed by atoms with E-state index in [2.05, 4.69) is 15.5 Å². The second-order valence-corrected chi connectivity index (χ2v) is 7.14. The SMILES string of the molecule is Cc1nnc(SC2CCC(NC3CC3)(C(=O)O)C2)n1C. The van der Waals surface area contributed by atoms with Crippen molar-refractivity contribution in [2.75, 3.05) is 0 Å². The molecule has 7 heteroatoms. The maximum Gasteiger partial charge on any atom is 0.323 e. The zero-order valence-electron chi connectivity index (χ0n) is 11.8. The van der Waals surface area contributed by atoms with Gasteiger partial charge >= 0.3 is 5.97 Å². The zero-order valence-corrected chi connectivity index (χ0v) is 12.6. The van der Waals surface area contributed by atoms with E-state index in [0.29, 0.717) is 24.1 Å². The molecule has 2 atom stereocenters. The number of thioether (sulfide) groups is 1. The van der Waals surface area contributed by atoms with Gasteiger partial charge in [0, 0.05) is 18.3 Å². The number of carboxylic acid groups (broad SMARTS) is 1. The van der Waals surface area contributed by atoms with Crippen molar-refractivity contribution >= 4 is 17.7 Å². The number of carboxylic acids is 1. The molecule has 2 fully saturated rings. The fraction of sp³-hybridized carbons (Fsp3) is 0.769. The van der Waals surface area contributed by atoms with Gasteiger partial charge in [0.05, 0.1) is 0 Å². The maximum atomic E-state index is 11.7. The highest BCUT2D eigenvalue weighted by Crippen LogP contribution is 2.41. The molecular formula is C13H20N4O2S. The topological polar surface area (TPSA) is 80.0 Å². The second kappa shape index (κ2) is 5.04. The van der Waals surface area contributed by atoms with Crippen LogP contribution in [0.4, 0.5) is 0 Å². The van der Waals surface area contributed by atoms with Crippen LogP contribution >= 0.6 is 11.8 Å². The molecule has 2 aliphatic carbocycles. The Bertz CT molecular complexity index is 528. The summed E-state index contributed by atoms with van der Waals surface area (Å²) in [6.45, 7) is 1.92. The van der Waals surface area contributed by atoms with Crippen LogP contribution in [0.3, 0.4) is 0 Å². The van der Waals surface area contributed by atoms with E-state index >= 15 is 0 Å². The summed E-state index contributed by atoms with van der Waals surface area (Å²) >= 11 is 1.65. The first kappa shape index (κ1) is 13.9. The molecular weight excluding hydrogens is 276 g/mol. The van der Waals surface area contributed by atoms with Crippen LogP contribution in [0.15, 0.2) is 5.16 Å². The quantitative estimate of drug-likeness (QED) is 0.853. The van der Waals surface area contributed by atoms with Crippen LogP contribution in [0, 0.1) is 6.92 Å². The maximum absolute atomic E-state index is 11.7. The van der Waals surface area contributed by atoms with Gasteiger partial charge in [-0.3, -0.25) is 10.1 Å². The van der Waals surface area contributed by atoms with Gasteiger partial charge in [-0.15, -0.1) is 10.2 Å². The number of hydrogen-bond donors (Lipinski definition) is 2. The van der Waals surface area contributed by atoms with Crippen molar-refractivity contribution in [3.05, 3.63) is 5.82 Å². The van der Waals surface area contributed by atoms with E-state index in [0.717, 1.165) is 30.2 Å². The Balaban J connectivity index is 1.68. The average molecular weight is 296 g/mol. The van der Waals surface area contributed by atoms with Gasteiger partial charge in [-0.05, 0) is 39.0 Å². The minimum Gasteiger partial charge on any atom is -0.480 e. The molecule has 2 saturated carbocycles. The molecule has 1 aromatic heterocycles. The third-order valence-corrected chi connectivity index (χ3v) is 5.56. The predicted molar refractivity (Wildman–Crippen MR) is 75.8 cm³/mol. The van der Waals surface area contributed by atoms with E-state index in [1.807, 2.05) is 18.5 Å². The summed E-state index contributed by atoms with van der Waals surface area (Å²) in [5.41, 5.74) is -0.730. The Hall–Kier alpha value is -1.08. The van der Waals surface area contributed by atoms with E-state index in [1.165, 1.54) is 0 Å². The van der Waals surface area contributed by atoms with Crippen molar-refractivity contribution in [2.45, 2.75) is 61.0 Å². The summed E-state index contributed by atoms with van der Waals surface area (Å²) < 4.78 is 1.96. The Morgan fingerprint density at radius 2 is 2.20 bits per heavy atom. The molecule has 0 aromatic carbocycles. The van der Waals surface area contributed by atoms with E-state index in [1.54, 1.807) is 11.8 Å². The van der Waals surface area contributed by atoms with E-state index in [9.17, 15) is 9.90 Å². The first-order chi connectivity index (χ1) is 9.50. The second-order valence-electron chi connectivity index (χ2n) is 5.88. The molecule has 0 bridgehead atoms. The molecule has 0 saturated heterocycles. The Morgan fingerprint density at radius 1 is 1.45 bits per heavy atom. The lowest BCUT2D eigenvalue weighted by Gasteiger charge is -2.26. The number of hydrogen-bond acceptors (Lipinski definition) is 5. The van der Waals surface area contributed by atoms with Crippen LogP contribution in [0.25, 0.3) is 0 Å². The third-order valence-electron chi connectivity index (χ3n) is 4.26. The number of aryl methyl sites for hydroxylation is 1. The molecule has 0 aliphatic heterocycles. The van der Waals surface area contributed by atoms with Gasteiger partial charge in [-0.2, -0.15) is 0 Å². The van der Waals surface area contributed by atoms with Gasteiger partial charge in [-0.1, -0.05) is 11.8 Å². The van der Waals surface area contributed by atoms with E-state index in [4.69, 9.17) is 0 Å². The highest BCUT2D eigenvalue weighted by molar-refractivity contribution is 7.99. The number of rotatable bonds is 5. The fourth-order valence-electron chi connectivity index (χ4n) is 2.75. The van der Waals surface area contributed by atoms with Crippen LogP contribution in [0.1, 0.15) is 37.9 Å². The summed E-state index contributed by atoms with van der Waals surface area (Å²) in [6, 6.07) is 0.409. The molecule has 2 unspecified atom stereocenters. The first-order valence-corrected chi connectivity index (χ1v) is 7.92. The molecule has 1 aromatic rings. The van der Waals surface area contributed by atoms with Gasteiger partial charge in [-0.25, -0.2) is 0 Å². The van der Waals surface area contributed by atoms with Crippen LogP contribution in [-0.4, -0.2) is 42.7 Å². The minimum atomic E-state index is -0.730. The van der Waals surface area contributed by atoms with Gasteiger partial charge in [0.2, 0.25) is 0 Å². The van der Waals surface area contributed by atoms with Crippen molar-refractivity contribution < 1.29 is 9.90 Å². The summed E-state index contributed by atoms with van der Waals surface area (Å²) in [4.78, 5) is 11.7. The summed E-state index contributed by atoms with van der Waals surface area (Å²) in [5.74, 6) is 0.174. The lowest BCUT2D eigenvalue weighted by atomic mass is 9.98. The smallest absolute Gasteiger partial charge is 0.323 e. The zero-order chi connectivity index (χ0) is 14.3. The van der Waals surface area contributed by atoms with E-state index < -0.39 is 11.5 Å². The number of aliphatic carboxylic acids is 1. The third kappa shape index (κ3) is 2.56. The summed E-state index contributed by atoms with van der Waals surface area (Å²) in [7, 11) is 1.94. The number of nitrogens with zero attached hydrogens (tertiary/aromatic N) is 3. The number of nitrogens with one attached hydrogen (secondary N) is 1. The fourth-order valence-corrected chi connectivity index (χ4v) is 4.03. The first-order valence-electron chi connectivity index (χ1n) is 7.04. The minimum absolute atomic E-state index is 0.291.